The van der Waals surface area contributed by atoms with E-state index in [-0.39, 0.29) is 26.2 Å². The van der Waals surface area contributed by atoms with Gasteiger partial charge in [0, 0.05) is 13.1 Å². The molecule has 1 heterocycles. The van der Waals surface area contributed by atoms with Crippen LogP contribution in [0, 0.1) is 6.92 Å². The molecule has 0 spiro atoms. The highest BCUT2D eigenvalue weighted by Gasteiger charge is 2.21. The van der Waals surface area contributed by atoms with Crippen LogP contribution in [0.1, 0.15) is 5.56 Å². The van der Waals surface area contributed by atoms with E-state index in [2.05, 4.69) is 4.72 Å². The molecular weight excluding hydrogens is 375 g/mol. The van der Waals surface area contributed by atoms with Crippen molar-refractivity contribution in [2.45, 2.75) is 11.8 Å². The van der Waals surface area contributed by atoms with E-state index in [0.717, 1.165) is 0 Å². The maximum atomic E-state index is 12.7. The van der Waals surface area contributed by atoms with Crippen LogP contribution in [-0.4, -0.2) is 13.0 Å². The van der Waals surface area contributed by atoms with E-state index in [1.807, 2.05) is 0 Å². The first-order chi connectivity index (χ1) is 11.2. The maximum Gasteiger partial charge on any atom is 0.419 e. The standard InChI is InChI=1S/C15H12Cl2N2O4S/c1-8-6-11-12(23-15(20)19(11)2)7-13(8)24(21,22)18-10-5-3-4-9(16)14(10)17/h3-7,18H,1-2H3. The van der Waals surface area contributed by atoms with Crippen molar-refractivity contribution in [1.29, 1.82) is 0 Å². The zero-order valence-electron chi connectivity index (χ0n) is 12.6. The Kier molecular flexibility index (Phi) is 4.11. The van der Waals surface area contributed by atoms with Crippen molar-refractivity contribution in [2.24, 2.45) is 7.05 Å². The Bertz CT molecular complexity index is 1120. The fourth-order valence-corrected chi connectivity index (χ4v) is 4.05. The third-order valence-corrected chi connectivity index (χ3v) is 5.90. The molecule has 0 amide bonds. The van der Waals surface area contributed by atoms with Gasteiger partial charge in [-0.3, -0.25) is 9.29 Å². The Hall–Kier alpha value is -1.96. The molecule has 0 saturated carbocycles. The van der Waals surface area contributed by atoms with E-state index in [4.69, 9.17) is 27.6 Å². The SMILES string of the molecule is Cc1cc2c(cc1S(=O)(=O)Nc1cccc(Cl)c1Cl)oc(=O)n2C. The number of rotatable bonds is 3. The second-order valence-electron chi connectivity index (χ2n) is 5.22. The quantitative estimate of drug-likeness (QED) is 0.745. The molecule has 2 aromatic carbocycles. The van der Waals surface area contributed by atoms with E-state index in [1.165, 1.54) is 16.7 Å². The lowest BCUT2D eigenvalue weighted by atomic mass is 10.2. The number of sulfonamides is 1. The molecule has 0 aliphatic carbocycles. The molecular formula is C15H12Cl2N2O4S. The average Bonchev–Trinajstić information content (AvgIpc) is 2.78. The molecule has 3 rings (SSSR count). The van der Waals surface area contributed by atoms with Crippen LogP contribution in [0.25, 0.3) is 11.1 Å². The summed E-state index contributed by atoms with van der Waals surface area (Å²) in [5.41, 5.74) is 1.32. The summed E-state index contributed by atoms with van der Waals surface area (Å²) in [5, 5.41) is 0.339. The van der Waals surface area contributed by atoms with Crippen LogP contribution >= 0.6 is 23.2 Å². The molecule has 0 unspecified atom stereocenters. The van der Waals surface area contributed by atoms with Gasteiger partial charge in [0.15, 0.2) is 5.58 Å². The lowest BCUT2D eigenvalue weighted by Crippen LogP contribution is -2.14. The van der Waals surface area contributed by atoms with Crippen LogP contribution < -0.4 is 10.5 Å². The predicted octanol–water partition coefficient (Wildman–Crippen LogP) is 3.55. The van der Waals surface area contributed by atoms with Crippen molar-refractivity contribution in [3.8, 4) is 0 Å². The fraction of sp³-hybridized carbons (Fsp3) is 0.133. The molecule has 0 radical (unpaired) electrons. The van der Waals surface area contributed by atoms with Crippen molar-refractivity contribution < 1.29 is 12.8 Å². The van der Waals surface area contributed by atoms with Gasteiger partial charge in [0.1, 0.15) is 0 Å². The van der Waals surface area contributed by atoms with Gasteiger partial charge >= 0.3 is 5.76 Å². The van der Waals surface area contributed by atoms with Gasteiger partial charge in [0.25, 0.3) is 10.0 Å². The van der Waals surface area contributed by atoms with Gasteiger partial charge in [0.05, 0.1) is 26.1 Å². The number of oxazole rings is 1. The molecule has 0 bridgehead atoms. The van der Waals surface area contributed by atoms with Gasteiger partial charge in [-0.2, -0.15) is 0 Å². The maximum absolute atomic E-state index is 12.7. The van der Waals surface area contributed by atoms with Crippen LogP contribution in [0.4, 0.5) is 5.69 Å². The number of aryl methyl sites for hydroxylation is 2. The zero-order valence-corrected chi connectivity index (χ0v) is 15.0. The van der Waals surface area contributed by atoms with Gasteiger partial charge < -0.3 is 4.42 Å². The molecule has 6 nitrogen and oxygen atoms in total. The van der Waals surface area contributed by atoms with Crippen LogP contribution in [0.15, 0.2) is 44.4 Å². The fourth-order valence-electron chi connectivity index (χ4n) is 2.33. The summed E-state index contributed by atoms with van der Waals surface area (Å²) < 4.78 is 34.1. The number of hydrogen-bond donors (Lipinski definition) is 1. The molecule has 0 aliphatic heterocycles. The molecule has 0 atom stereocenters. The van der Waals surface area contributed by atoms with Crippen molar-refractivity contribution >= 4 is 50.0 Å². The van der Waals surface area contributed by atoms with Crippen LogP contribution in [-0.2, 0) is 17.1 Å². The molecule has 1 aromatic heterocycles. The van der Waals surface area contributed by atoms with Crippen LogP contribution in [0.5, 0.6) is 0 Å². The Morgan fingerprint density at radius 1 is 1.21 bits per heavy atom. The van der Waals surface area contributed by atoms with Gasteiger partial charge in [-0.15, -0.1) is 0 Å². The molecule has 0 aliphatic rings. The number of anilines is 1. The highest BCUT2D eigenvalue weighted by molar-refractivity contribution is 7.92. The minimum atomic E-state index is -3.94. The molecule has 126 valence electrons. The van der Waals surface area contributed by atoms with Gasteiger partial charge in [-0.1, -0.05) is 29.3 Å². The molecule has 0 saturated heterocycles. The molecule has 3 aromatic rings. The van der Waals surface area contributed by atoms with Crippen molar-refractivity contribution in [3.63, 3.8) is 0 Å². The van der Waals surface area contributed by atoms with Crippen molar-refractivity contribution in [1.82, 2.24) is 4.57 Å². The van der Waals surface area contributed by atoms with Crippen molar-refractivity contribution in [3.05, 3.63) is 56.5 Å². The summed E-state index contributed by atoms with van der Waals surface area (Å²) in [4.78, 5) is 11.6. The first-order valence-corrected chi connectivity index (χ1v) is 9.01. The van der Waals surface area contributed by atoms with E-state index in [1.54, 1.807) is 32.2 Å². The third kappa shape index (κ3) is 2.79. The molecule has 24 heavy (non-hydrogen) atoms. The molecule has 0 fully saturated rings. The number of benzene rings is 2. The Morgan fingerprint density at radius 2 is 1.92 bits per heavy atom. The van der Waals surface area contributed by atoms with E-state index >= 15 is 0 Å². The minimum Gasteiger partial charge on any atom is -0.408 e. The Morgan fingerprint density at radius 3 is 2.62 bits per heavy atom. The minimum absolute atomic E-state index is 0.0135. The lowest BCUT2D eigenvalue weighted by molar-refractivity contribution is 0.527. The van der Waals surface area contributed by atoms with Gasteiger partial charge in [-0.25, -0.2) is 13.2 Å². The van der Waals surface area contributed by atoms with E-state index in [9.17, 15) is 13.2 Å². The highest BCUT2D eigenvalue weighted by atomic mass is 35.5. The smallest absolute Gasteiger partial charge is 0.408 e. The Balaban J connectivity index is 2.13. The topological polar surface area (TPSA) is 81.3 Å². The Labute approximate surface area is 147 Å². The highest BCUT2D eigenvalue weighted by Crippen LogP contribution is 2.32. The number of aromatic nitrogens is 1. The van der Waals surface area contributed by atoms with Gasteiger partial charge in [0.2, 0.25) is 0 Å². The number of nitrogens with one attached hydrogen (secondary N) is 1. The lowest BCUT2D eigenvalue weighted by Gasteiger charge is -2.12. The van der Waals surface area contributed by atoms with E-state index < -0.39 is 15.8 Å². The largest absolute Gasteiger partial charge is 0.419 e. The average molecular weight is 387 g/mol. The zero-order chi connectivity index (χ0) is 17.6. The first kappa shape index (κ1) is 16.9. The first-order valence-electron chi connectivity index (χ1n) is 6.78. The molecule has 9 heteroatoms. The second kappa shape index (κ2) is 5.84. The summed E-state index contributed by atoms with van der Waals surface area (Å²) in [6.07, 6.45) is 0. The normalized spacial score (nSPS) is 11.8. The monoisotopic (exact) mass is 386 g/mol. The summed E-state index contributed by atoms with van der Waals surface area (Å²) in [6.45, 7) is 1.63. The predicted molar refractivity (Wildman–Crippen MR) is 93.5 cm³/mol. The van der Waals surface area contributed by atoms with E-state index in [0.29, 0.717) is 11.1 Å². The summed E-state index contributed by atoms with van der Waals surface area (Å²) in [7, 11) is -2.40. The third-order valence-electron chi connectivity index (χ3n) is 3.57. The van der Waals surface area contributed by atoms with Crippen LogP contribution in [0.2, 0.25) is 10.0 Å². The summed E-state index contributed by atoms with van der Waals surface area (Å²) in [5.74, 6) is -0.565. The van der Waals surface area contributed by atoms with Crippen LogP contribution in [0.3, 0.4) is 0 Å². The van der Waals surface area contributed by atoms with Gasteiger partial charge in [-0.05, 0) is 30.7 Å². The number of halogens is 2. The summed E-state index contributed by atoms with van der Waals surface area (Å²) >= 11 is 11.9. The molecule has 1 N–H and O–H groups in total. The number of hydrogen-bond acceptors (Lipinski definition) is 4. The van der Waals surface area contributed by atoms with Crippen molar-refractivity contribution in [2.75, 3.05) is 4.72 Å². The number of fused-ring (bicyclic) bond motifs is 1. The summed E-state index contributed by atoms with van der Waals surface area (Å²) in [6, 6.07) is 7.53. The number of nitrogens with zero attached hydrogens (tertiary/aromatic N) is 1. The second-order valence-corrected chi connectivity index (χ2v) is 7.66.